The maximum absolute atomic E-state index is 14.5. The maximum Gasteiger partial charge on any atom is 0.417 e. The van der Waals surface area contributed by atoms with Gasteiger partial charge in [0.15, 0.2) is 11.6 Å². The van der Waals surface area contributed by atoms with Gasteiger partial charge < -0.3 is 15.5 Å². The molecule has 0 bridgehead atoms. The fourth-order valence-corrected chi connectivity index (χ4v) is 2.38. The number of nitrogens with zero attached hydrogens (tertiary/aromatic N) is 1. The van der Waals surface area contributed by atoms with Crippen molar-refractivity contribution in [3.05, 3.63) is 51.7 Å². The van der Waals surface area contributed by atoms with E-state index >= 15 is 0 Å². The number of aromatic nitrogens is 1. The summed E-state index contributed by atoms with van der Waals surface area (Å²) in [4.78, 5) is 20.5. The van der Waals surface area contributed by atoms with Crippen molar-refractivity contribution in [2.24, 2.45) is 0 Å². The molecular formula is C17H15ClF5N3O4. The van der Waals surface area contributed by atoms with Crippen LogP contribution < -0.4 is 10.8 Å². The molecule has 0 radical (unpaired) electrons. The Morgan fingerprint density at radius 2 is 1.97 bits per heavy atom. The molecule has 1 atom stereocenters. The van der Waals surface area contributed by atoms with Gasteiger partial charge in [0.05, 0.1) is 28.4 Å². The lowest BCUT2D eigenvalue weighted by Gasteiger charge is -2.16. The first-order valence-corrected chi connectivity index (χ1v) is 8.52. The highest BCUT2D eigenvalue weighted by molar-refractivity contribution is 6.31. The SMILES string of the molecule is Cc1cc(C(F)(F)F)cnc1Nc1c(C(=O)NOCC(O)CO)cc(Cl)c(F)c1F. The van der Waals surface area contributed by atoms with Crippen LogP contribution >= 0.6 is 11.6 Å². The molecule has 164 valence electrons. The molecule has 2 rings (SSSR count). The number of hydrogen-bond acceptors (Lipinski definition) is 6. The summed E-state index contributed by atoms with van der Waals surface area (Å²) in [6, 6.07) is 1.50. The van der Waals surface area contributed by atoms with Crippen molar-refractivity contribution in [1.82, 2.24) is 10.5 Å². The highest BCUT2D eigenvalue weighted by Crippen LogP contribution is 2.34. The number of halogens is 6. The lowest BCUT2D eigenvalue weighted by Crippen LogP contribution is -2.30. The molecule has 0 aliphatic heterocycles. The summed E-state index contributed by atoms with van der Waals surface area (Å²) < 4.78 is 66.7. The first kappa shape index (κ1) is 23.7. The zero-order chi connectivity index (χ0) is 22.6. The molecule has 0 aliphatic carbocycles. The predicted octanol–water partition coefficient (Wildman–Crippen LogP) is 3.10. The average molecular weight is 456 g/mol. The average Bonchev–Trinajstić information content (AvgIpc) is 2.68. The molecule has 4 N–H and O–H groups in total. The van der Waals surface area contributed by atoms with Gasteiger partial charge in [-0.3, -0.25) is 9.63 Å². The van der Waals surface area contributed by atoms with Crippen LogP contribution in [-0.4, -0.2) is 40.4 Å². The maximum atomic E-state index is 14.5. The second-order valence-electron chi connectivity index (χ2n) is 6.00. The van der Waals surface area contributed by atoms with Crippen LogP contribution in [0.2, 0.25) is 5.02 Å². The Morgan fingerprint density at radius 1 is 1.30 bits per heavy atom. The molecule has 1 unspecified atom stereocenters. The second kappa shape index (κ2) is 9.51. The third kappa shape index (κ3) is 5.53. The highest BCUT2D eigenvalue weighted by Gasteiger charge is 2.31. The van der Waals surface area contributed by atoms with E-state index in [-0.39, 0.29) is 11.4 Å². The fourth-order valence-electron chi connectivity index (χ4n) is 2.19. The second-order valence-corrected chi connectivity index (χ2v) is 6.41. The van der Waals surface area contributed by atoms with Crippen LogP contribution in [0.4, 0.5) is 33.5 Å². The van der Waals surface area contributed by atoms with Gasteiger partial charge in [-0.15, -0.1) is 0 Å². The van der Waals surface area contributed by atoms with E-state index in [1.54, 1.807) is 0 Å². The van der Waals surface area contributed by atoms with Crippen LogP contribution in [-0.2, 0) is 11.0 Å². The van der Waals surface area contributed by atoms with Crippen molar-refractivity contribution in [2.75, 3.05) is 18.5 Å². The van der Waals surface area contributed by atoms with E-state index in [0.29, 0.717) is 6.20 Å². The van der Waals surface area contributed by atoms with Crippen molar-refractivity contribution in [3.8, 4) is 0 Å². The molecule has 13 heteroatoms. The number of anilines is 2. The zero-order valence-corrected chi connectivity index (χ0v) is 15.9. The van der Waals surface area contributed by atoms with E-state index < -0.39 is 64.9 Å². The normalized spacial score (nSPS) is 12.6. The molecule has 2 aromatic rings. The number of rotatable bonds is 7. The summed E-state index contributed by atoms with van der Waals surface area (Å²) in [7, 11) is 0. The lowest BCUT2D eigenvalue weighted by molar-refractivity contribution is -0.137. The molecule has 30 heavy (non-hydrogen) atoms. The summed E-state index contributed by atoms with van der Waals surface area (Å²) in [6.07, 6.45) is -5.48. The summed E-state index contributed by atoms with van der Waals surface area (Å²) in [5.41, 5.74) is -0.585. The van der Waals surface area contributed by atoms with E-state index in [0.717, 1.165) is 12.1 Å². The van der Waals surface area contributed by atoms with E-state index in [4.69, 9.17) is 21.8 Å². The molecule has 7 nitrogen and oxygen atoms in total. The van der Waals surface area contributed by atoms with Gasteiger partial charge in [-0.1, -0.05) is 11.6 Å². The summed E-state index contributed by atoms with van der Waals surface area (Å²) in [5.74, 6) is -4.47. The van der Waals surface area contributed by atoms with Crippen LogP contribution in [0.5, 0.6) is 0 Å². The van der Waals surface area contributed by atoms with Crippen molar-refractivity contribution >= 4 is 29.0 Å². The quantitative estimate of drug-likeness (QED) is 0.291. The zero-order valence-electron chi connectivity index (χ0n) is 15.1. The number of benzene rings is 1. The van der Waals surface area contributed by atoms with Crippen molar-refractivity contribution in [3.63, 3.8) is 0 Å². The number of pyridine rings is 1. The van der Waals surface area contributed by atoms with Crippen molar-refractivity contribution < 1.29 is 41.8 Å². The first-order valence-electron chi connectivity index (χ1n) is 8.15. The van der Waals surface area contributed by atoms with Gasteiger partial charge in [-0.05, 0) is 24.6 Å². The Kier molecular flexibility index (Phi) is 7.53. The lowest BCUT2D eigenvalue weighted by atomic mass is 10.1. The van der Waals surface area contributed by atoms with Gasteiger partial charge in [0.2, 0.25) is 0 Å². The first-order chi connectivity index (χ1) is 14.0. The van der Waals surface area contributed by atoms with Gasteiger partial charge in [-0.2, -0.15) is 13.2 Å². The third-order valence-electron chi connectivity index (χ3n) is 3.71. The van der Waals surface area contributed by atoms with E-state index in [9.17, 15) is 26.7 Å². The Labute approximate surface area is 171 Å². The van der Waals surface area contributed by atoms with Crippen LogP contribution in [0.3, 0.4) is 0 Å². The molecule has 0 saturated carbocycles. The summed E-state index contributed by atoms with van der Waals surface area (Å²) in [5, 5.41) is 19.4. The number of aliphatic hydroxyl groups is 2. The van der Waals surface area contributed by atoms with Crippen LogP contribution in [0.1, 0.15) is 21.5 Å². The summed E-state index contributed by atoms with van der Waals surface area (Å²) in [6.45, 7) is 0.0778. The molecule has 1 amide bonds. The number of alkyl halides is 3. The van der Waals surface area contributed by atoms with Gasteiger partial charge in [-0.25, -0.2) is 19.2 Å². The smallest absolute Gasteiger partial charge is 0.394 e. The topological polar surface area (TPSA) is 104 Å². The van der Waals surface area contributed by atoms with Crippen molar-refractivity contribution in [1.29, 1.82) is 0 Å². The number of amides is 1. The van der Waals surface area contributed by atoms with E-state index in [1.807, 2.05) is 5.48 Å². The molecule has 0 spiro atoms. The molecule has 1 aromatic heterocycles. The minimum absolute atomic E-state index is 0.0618. The number of carbonyl (C=O) groups excluding carboxylic acids is 1. The van der Waals surface area contributed by atoms with Gasteiger partial charge >= 0.3 is 6.18 Å². The van der Waals surface area contributed by atoms with E-state index in [1.165, 1.54) is 6.92 Å². The molecule has 0 fully saturated rings. The fraction of sp³-hybridized carbons (Fsp3) is 0.294. The number of carbonyl (C=O) groups is 1. The molecule has 0 saturated heterocycles. The molecule has 1 heterocycles. The van der Waals surface area contributed by atoms with Crippen LogP contribution in [0, 0.1) is 18.6 Å². The minimum Gasteiger partial charge on any atom is -0.394 e. The molecule has 1 aromatic carbocycles. The largest absolute Gasteiger partial charge is 0.417 e. The number of aryl methyl sites for hydroxylation is 1. The number of aliphatic hydroxyl groups excluding tert-OH is 2. The highest BCUT2D eigenvalue weighted by atomic mass is 35.5. The predicted molar refractivity (Wildman–Crippen MR) is 95.1 cm³/mol. The Morgan fingerprint density at radius 3 is 2.53 bits per heavy atom. The third-order valence-corrected chi connectivity index (χ3v) is 3.98. The van der Waals surface area contributed by atoms with Crippen LogP contribution in [0.15, 0.2) is 18.3 Å². The van der Waals surface area contributed by atoms with Gasteiger partial charge in [0, 0.05) is 6.20 Å². The van der Waals surface area contributed by atoms with Crippen LogP contribution in [0.25, 0.3) is 0 Å². The Hall–Kier alpha value is -2.54. The Bertz CT molecular complexity index is 943. The Balaban J connectivity index is 2.37. The number of hydrogen-bond donors (Lipinski definition) is 4. The monoisotopic (exact) mass is 455 g/mol. The number of hydroxylamine groups is 1. The number of nitrogens with one attached hydrogen (secondary N) is 2. The van der Waals surface area contributed by atoms with Gasteiger partial charge in [0.1, 0.15) is 18.5 Å². The van der Waals surface area contributed by atoms with E-state index in [2.05, 4.69) is 15.1 Å². The van der Waals surface area contributed by atoms with Gasteiger partial charge in [0.25, 0.3) is 5.91 Å². The molecular weight excluding hydrogens is 441 g/mol. The van der Waals surface area contributed by atoms with Crippen molar-refractivity contribution in [2.45, 2.75) is 19.2 Å². The minimum atomic E-state index is -4.66. The standard InChI is InChI=1S/C17H15ClF5N3O4/c1-7-2-8(17(21,22)23)4-24-15(7)25-14-10(3-11(18)12(19)13(14)20)16(29)26-30-6-9(28)5-27/h2-4,9,27-28H,5-6H2,1H3,(H,24,25)(H,26,29). The summed E-state index contributed by atoms with van der Waals surface area (Å²) >= 11 is 5.57. The molecule has 0 aliphatic rings.